The van der Waals surface area contributed by atoms with Crippen molar-refractivity contribution in [3.8, 4) is 0 Å². The number of ether oxygens (including phenoxy) is 1. The van der Waals surface area contributed by atoms with Crippen LogP contribution < -0.4 is 5.32 Å². The maximum absolute atomic E-state index is 8.52. The standard InChI is InChI=1S/C13H17NO3/c15-6-8-16-7-5-14-10-12-9-11-3-1-2-4-13(11)17-12/h1-4,9,14-15H,5-8,10H2. The number of aliphatic hydroxyl groups excluding tert-OH is 1. The van der Waals surface area contributed by atoms with Gasteiger partial charge in [0.05, 0.1) is 26.4 Å². The molecule has 0 saturated heterocycles. The number of fused-ring (bicyclic) bond motifs is 1. The highest BCUT2D eigenvalue weighted by Gasteiger charge is 2.01. The van der Waals surface area contributed by atoms with Crippen molar-refractivity contribution in [1.29, 1.82) is 0 Å². The van der Waals surface area contributed by atoms with Crippen LogP contribution in [0, 0.1) is 0 Å². The monoisotopic (exact) mass is 235 g/mol. The van der Waals surface area contributed by atoms with Gasteiger partial charge >= 0.3 is 0 Å². The molecule has 17 heavy (non-hydrogen) atoms. The molecule has 0 unspecified atom stereocenters. The lowest BCUT2D eigenvalue weighted by atomic mass is 10.2. The Morgan fingerprint density at radius 3 is 2.94 bits per heavy atom. The third-order valence-electron chi connectivity index (χ3n) is 2.43. The minimum Gasteiger partial charge on any atom is -0.460 e. The quantitative estimate of drug-likeness (QED) is 0.715. The maximum atomic E-state index is 8.52. The van der Waals surface area contributed by atoms with Gasteiger partial charge in [0.25, 0.3) is 0 Å². The van der Waals surface area contributed by atoms with Gasteiger partial charge in [0.1, 0.15) is 11.3 Å². The van der Waals surface area contributed by atoms with Crippen LogP contribution in [0.5, 0.6) is 0 Å². The highest BCUT2D eigenvalue weighted by molar-refractivity contribution is 5.77. The van der Waals surface area contributed by atoms with Gasteiger partial charge in [0.2, 0.25) is 0 Å². The van der Waals surface area contributed by atoms with Crippen LogP contribution in [0.1, 0.15) is 5.76 Å². The van der Waals surface area contributed by atoms with Crippen LogP contribution in [0.3, 0.4) is 0 Å². The van der Waals surface area contributed by atoms with E-state index in [2.05, 4.69) is 5.32 Å². The van der Waals surface area contributed by atoms with Crippen molar-refractivity contribution < 1.29 is 14.3 Å². The number of nitrogens with one attached hydrogen (secondary N) is 1. The van der Waals surface area contributed by atoms with E-state index < -0.39 is 0 Å². The average molecular weight is 235 g/mol. The summed E-state index contributed by atoms with van der Waals surface area (Å²) in [5, 5.41) is 12.9. The lowest BCUT2D eigenvalue weighted by Gasteiger charge is -2.02. The van der Waals surface area contributed by atoms with E-state index in [1.54, 1.807) is 0 Å². The van der Waals surface area contributed by atoms with Crippen molar-refractivity contribution in [2.24, 2.45) is 0 Å². The summed E-state index contributed by atoms with van der Waals surface area (Å²) in [6.45, 7) is 2.50. The van der Waals surface area contributed by atoms with E-state index in [1.807, 2.05) is 30.3 Å². The van der Waals surface area contributed by atoms with Gasteiger partial charge in [-0.2, -0.15) is 0 Å². The Kier molecular flexibility index (Phi) is 4.55. The molecule has 0 aliphatic carbocycles. The Bertz CT molecular complexity index is 420. The number of benzene rings is 1. The molecule has 4 nitrogen and oxygen atoms in total. The SMILES string of the molecule is OCCOCCNCc1cc2ccccc2o1. The van der Waals surface area contributed by atoms with Crippen molar-refractivity contribution in [3.63, 3.8) is 0 Å². The van der Waals surface area contributed by atoms with Crippen molar-refractivity contribution >= 4 is 11.0 Å². The zero-order valence-electron chi connectivity index (χ0n) is 9.69. The normalized spacial score (nSPS) is 11.1. The zero-order valence-corrected chi connectivity index (χ0v) is 9.69. The lowest BCUT2D eigenvalue weighted by molar-refractivity contribution is 0.0936. The molecule has 0 spiro atoms. The first-order valence-electron chi connectivity index (χ1n) is 5.77. The van der Waals surface area contributed by atoms with Gasteiger partial charge in [-0.05, 0) is 12.1 Å². The molecular weight excluding hydrogens is 218 g/mol. The number of furan rings is 1. The molecule has 92 valence electrons. The summed E-state index contributed by atoms with van der Waals surface area (Å²) in [5.74, 6) is 0.924. The van der Waals surface area contributed by atoms with Gasteiger partial charge in [-0.1, -0.05) is 18.2 Å². The fourth-order valence-electron chi connectivity index (χ4n) is 1.65. The Labute approximate surface area is 100 Å². The number of para-hydroxylation sites is 1. The summed E-state index contributed by atoms with van der Waals surface area (Å²) < 4.78 is 10.8. The second-order valence-corrected chi connectivity index (χ2v) is 3.76. The van der Waals surface area contributed by atoms with Crippen LogP contribution in [0.15, 0.2) is 34.7 Å². The highest BCUT2D eigenvalue weighted by Crippen LogP contribution is 2.18. The predicted octanol–water partition coefficient (Wildman–Crippen LogP) is 1.53. The first-order valence-corrected chi connectivity index (χ1v) is 5.77. The van der Waals surface area contributed by atoms with E-state index in [4.69, 9.17) is 14.3 Å². The molecular formula is C13H17NO3. The molecule has 2 rings (SSSR count). The van der Waals surface area contributed by atoms with Gasteiger partial charge in [-0.15, -0.1) is 0 Å². The van der Waals surface area contributed by atoms with Crippen molar-refractivity contribution in [1.82, 2.24) is 5.32 Å². The number of hydrogen-bond donors (Lipinski definition) is 2. The van der Waals surface area contributed by atoms with Gasteiger partial charge in [0, 0.05) is 11.9 Å². The molecule has 1 heterocycles. The molecule has 0 bridgehead atoms. The number of rotatable bonds is 7. The van der Waals surface area contributed by atoms with Gasteiger partial charge in [0.15, 0.2) is 0 Å². The van der Waals surface area contributed by atoms with Gasteiger partial charge < -0.3 is 19.6 Å². The maximum Gasteiger partial charge on any atom is 0.134 e. The molecule has 0 aliphatic heterocycles. The van der Waals surface area contributed by atoms with E-state index in [9.17, 15) is 0 Å². The summed E-state index contributed by atoms with van der Waals surface area (Å²) in [5.41, 5.74) is 0.917. The minimum atomic E-state index is 0.0730. The molecule has 0 fully saturated rings. The van der Waals surface area contributed by atoms with Crippen LogP contribution in [-0.2, 0) is 11.3 Å². The molecule has 2 N–H and O–H groups in total. The van der Waals surface area contributed by atoms with Crippen LogP contribution in [0.2, 0.25) is 0 Å². The molecule has 0 saturated carbocycles. The largest absolute Gasteiger partial charge is 0.460 e. The van der Waals surface area contributed by atoms with Crippen LogP contribution in [0.25, 0.3) is 11.0 Å². The van der Waals surface area contributed by atoms with Gasteiger partial charge in [-0.25, -0.2) is 0 Å². The summed E-state index contributed by atoms with van der Waals surface area (Å²) in [6, 6.07) is 10.00. The topological polar surface area (TPSA) is 54.6 Å². The van der Waals surface area contributed by atoms with Crippen LogP contribution >= 0.6 is 0 Å². The number of hydrogen-bond acceptors (Lipinski definition) is 4. The lowest BCUT2D eigenvalue weighted by Crippen LogP contribution is -2.19. The van der Waals surface area contributed by atoms with Gasteiger partial charge in [-0.3, -0.25) is 0 Å². The van der Waals surface area contributed by atoms with Crippen LogP contribution in [-0.4, -0.2) is 31.5 Å². The second kappa shape index (κ2) is 6.39. The highest BCUT2D eigenvalue weighted by atomic mass is 16.5. The second-order valence-electron chi connectivity index (χ2n) is 3.76. The van der Waals surface area contributed by atoms with Crippen LogP contribution in [0.4, 0.5) is 0 Å². The number of aliphatic hydroxyl groups is 1. The third-order valence-corrected chi connectivity index (χ3v) is 2.43. The smallest absolute Gasteiger partial charge is 0.134 e. The summed E-state index contributed by atoms with van der Waals surface area (Å²) in [6.07, 6.45) is 0. The Balaban J connectivity index is 1.75. The van der Waals surface area contributed by atoms with Crippen molar-refractivity contribution in [2.45, 2.75) is 6.54 Å². The van der Waals surface area contributed by atoms with E-state index in [0.717, 1.165) is 23.3 Å². The summed E-state index contributed by atoms with van der Waals surface area (Å²) in [7, 11) is 0. The minimum absolute atomic E-state index is 0.0730. The third kappa shape index (κ3) is 3.56. The first kappa shape index (κ1) is 12.1. The van der Waals surface area contributed by atoms with Crippen molar-refractivity contribution in [3.05, 3.63) is 36.1 Å². The van der Waals surface area contributed by atoms with E-state index >= 15 is 0 Å². The average Bonchev–Trinajstić information content (AvgIpc) is 2.76. The molecule has 1 aromatic heterocycles. The zero-order chi connectivity index (χ0) is 11.9. The van der Waals surface area contributed by atoms with E-state index in [0.29, 0.717) is 19.8 Å². The molecule has 0 amide bonds. The Morgan fingerprint density at radius 1 is 1.24 bits per heavy atom. The molecule has 1 aromatic carbocycles. The van der Waals surface area contributed by atoms with E-state index in [1.165, 1.54) is 0 Å². The molecule has 2 aromatic rings. The van der Waals surface area contributed by atoms with E-state index in [-0.39, 0.29) is 6.61 Å². The van der Waals surface area contributed by atoms with Crippen molar-refractivity contribution in [2.75, 3.05) is 26.4 Å². The summed E-state index contributed by atoms with van der Waals surface area (Å²) >= 11 is 0. The Hall–Kier alpha value is -1.36. The molecule has 0 aliphatic rings. The first-order chi connectivity index (χ1) is 8.40. The Morgan fingerprint density at radius 2 is 2.12 bits per heavy atom. The summed E-state index contributed by atoms with van der Waals surface area (Å²) in [4.78, 5) is 0. The fourth-order valence-corrected chi connectivity index (χ4v) is 1.65. The molecule has 4 heteroatoms. The molecule has 0 radical (unpaired) electrons. The predicted molar refractivity (Wildman–Crippen MR) is 65.8 cm³/mol. The molecule has 0 atom stereocenters. The fraction of sp³-hybridized carbons (Fsp3) is 0.385.